The van der Waals surface area contributed by atoms with Crippen LogP contribution in [-0.4, -0.2) is 29.9 Å². The molecule has 3 rings (SSSR count). The van der Waals surface area contributed by atoms with Gasteiger partial charge in [0.15, 0.2) is 5.13 Å². The van der Waals surface area contributed by atoms with Crippen molar-refractivity contribution >= 4 is 32.6 Å². The van der Waals surface area contributed by atoms with E-state index in [1.807, 2.05) is 0 Å². The summed E-state index contributed by atoms with van der Waals surface area (Å²) in [6, 6.07) is 5.10. The highest BCUT2D eigenvalue weighted by Crippen LogP contribution is 2.36. The second-order valence-corrected chi connectivity index (χ2v) is 5.55. The zero-order chi connectivity index (χ0) is 13.6. The highest BCUT2D eigenvalue weighted by molar-refractivity contribution is 7.22. The number of alkyl halides is 2. The number of benzene rings is 1. The minimum Gasteiger partial charge on any atom is -0.366 e. The Balaban J connectivity index is 2.03. The number of halogens is 2. The molecule has 100 valence electrons. The normalized spacial score (nSPS) is 18.1. The molecule has 1 aromatic heterocycles. The van der Waals surface area contributed by atoms with Crippen LogP contribution in [0, 0.1) is 0 Å². The Bertz CT molecular complexity index is 655. The van der Waals surface area contributed by atoms with Crippen LogP contribution >= 0.6 is 11.3 Å². The molecule has 0 spiro atoms. The average molecular weight is 283 g/mol. The number of carbonyl (C=O) groups excluding carboxylic acids is 1. The topological polar surface area (TPSA) is 59.2 Å². The maximum Gasteiger partial charge on any atom is 0.267 e. The molecule has 1 fully saturated rings. The molecule has 4 nitrogen and oxygen atoms in total. The van der Waals surface area contributed by atoms with E-state index in [4.69, 9.17) is 5.73 Å². The van der Waals surface area contributed by atoms with Gasteiger partial charge in [0.2, 0.25) is 0 Å². The Kier molecular flexibility index (Phi) is 2.67. The van der Waals surface area contributed by atoms with Gasteiger partial charge in [0, 0.05) is 13.0 Å². The molecule has 0 unspecified atom stereocenters. The van der Waals surface area contributed by atoms with Crippen molar-refractivity contribution in [3.63, 3.8) is 0 Å². The molecule has 0 atom stereocenters. The molecule has 2 aromatic rings. The van der Waals surface area contributed by atoms with Crippen molar-refractivity contribution in [3.8, 4) is 0 Å². The summed E-state index contributed by atoms with van der Waals surface area (Å²) in [5, 5.41) is 0.515. The molecule has 1 aliphatic heterocycles. The first-order valence-corrected chi connectivity index (χ1v) is 6.60. The fraction of sp³-hybridized carbons (Fsp3) is 0.333. The number of carbonyl (C=O) groups is 1. The fourth-order valence-corrected chi connectivity index (χ4v) is 3.19. The van der Waals surface area contributed by atoms with Crippen molar-refractivity contribution in [2.75, 3.05) is 18.0 Å². The molecular weight excluding hydrogens is 272 g/mol. The smallest absolute Gasteiger partial charge is 0.267 e. The van der Waals surface area contributed by atoms with Gasteiger partial charge < -0.3 is 10.6 Å². The lowest BCUT2D eigenvalue weighted by atomic mass is 10.2. The number of para-hydroxylation sites is 1. The molecule has 1 saturated heterocycles. The number of rotatable bonds is 2. The third-order valence-corrected chi connectivity index (χ3v) is 4.19. The van der Waals surface area contributed by atoms with Gasteiger partial charge in [0.05, 0.1) is 22.3 Å². The quantitative estimate of drug-likeness (QED) is 0.919. The average Bonchev–Trinajstić information content (AvgIpc) is 2.90. The van der Waals surface area contributed by atoms with Gasteiger partial charge in [-0.25, -0.2) is 13.8 Å². The predicted molar refractivity (Wildman–Crippen MR) is 69.9 cm³/mol. The third kappa shape index (κ3) is 2.14. The van der Waals surface area contributed by atoms with Gasteiger partial charge >= 0.3 is 0 Å². The van der Waals surface area contributed by atoms with Crippen molar-refractivity contribution in [2.45, 2.75) is 12.3 Å². The summed E-state index contributed by atoms with van der Waals surface area (Å²) in [5.41, 5.74) is 6.09. The number of primary amides is 1. The second-order valence-electron chi connectivity index (χ2n) is 4.54. The maximum atomic E-state index is 13.2. The summed E-state index contributed by atoms with van der Waals surface area (Å²) in [5.74, 6) is -3.22. The highest BCUT2D eigenvalue weighted by atomic mass is 32.1. The number of anilines is 1. The van der Waals surface area contributed by atoms with E-state index in [0.717, 1.165) is 4.70 Å². The monoisotopic (exact) mass is 283 g/mol. The fourth-order valence-electron chi connectivity index (χ4n) is 2.17. The molecule has 1 aromatic carbocycles. The Hall–Kier alpha value is -1.76. The zero-order valence-corrected chi connectivity index (χ0v) is 10.7. The van der Waals surface area contributed by atoms with Crippen LogP contribution in [0.25, 0.3) is 10.2 Å². The SMILES string of the molecule is NC(=O)c1cccc2sc(N3CCC(F)(F)C3)nc12. The number of aromatic nitrogens is 1. The minimum absolute atomic E-state index is 0.161. The second kappa shape index (κ2) is 4.12. The number of nitrogens with two attached hydrogens (primary N) is 1. The molecule has 1 aliphatic rings. The lowest BCUT2D eigenvalue weighted by molar-refractivity contribution is 0.0257. The van der Waals surface area contributed by atoms with Crippen molar-refractivity contribution in [2.24, 2.45) is 5.73 Å². The first-order chi connectivity index (χ1) is 8.96. The van der Waals surface area contributed by atoms with Gasteiger partial charge in [-0.2, -0.15) is 0 Å². The van der Waals surface area contributed by atoms with Crippen LogP contribution in [0.2, 0.25) is 0 Å². The van der Waals surface area contributed by atoms with Gasteiger partial charge in [0.25, 0.3) is 11.8 Å². The molecule has 0 aliphatic carbocycles. The summed E-state index contributed by atoms with van der Waals surface area (Å²) in [6.45, 7) is -0.0442. The molecule has 2 heterocycles. The zero-order valence-electron chi connectivity index (χ0n) is 9.90. The molecule has 19 heavy (non-hydrogen) atoms. The van der Waals surface area contributed by atoms with Crippen molar-refractivity contribution in [3.05, 3.63) is 23.8 Å². The van der Waals surface area contributed by atoms with Gasteiger partial charge in [-0.05, 0) is 12.1 Å². The Morgan fingerprint density at radius 2 is 2.26 bits per heavy atom. The maximum absolute atomic E-state index is 13.2. The van der Waals surface area contributed by atoms with E-state index in [9.17, 15) is 13.6 Å². The Morgan fingerprint density at radius 1 is 1.47 bits per heavy atom. The Labute approximate surface area is 111 Å². The third-order valence-electron chi connectivity index (χ3n) is 3.11. The molecule has 2 N–H and O–H groups in total. The summed E-state index contributed by atoms with van der Waals surface area (Å²) < 4.78 is 27.2. The van der Waals surface area contributed by atoms with Crippen LogP contribution in [0.5, 0.6) is 0 Å². The number of thiazole rings is 1. The van der Waals surface area contributed by atoms with E-state index in [0.29, 0.717) is 16.2 Å². The van der Waals surface area contributed by atoms with Gasteiger partial charge in [0.1, 0.15) is 0 Å². The number of hydrogen-bond donors (Lipinski definition) is 1. The predicted octanol–water partition coefficient (Wildman–Crippen LogP) is 2.24. The van der Waals surface area contributed by atoms with E-state index < -0.39 is 11.8 Å². The number of hydrogen-bond acceptors (Lipinski definition) is 4. The lowest BCUT2D eigenvalue weighted by Crippen LogP contribution is -2.24. The molecule has 0 radical (unpaired) electrons. The first-order valence-electron chi connectivity index (χ1n) is 5.78. The van der Waals surface area contributed by atoms with E-state index in [-0.39, 0.29) is 19.5 Å². The summed E-state index contributed by atoms with van der Waals surface area (Å²) in [7, 11) is 0. The summed E-state index contributed by atoms with van der Waals surface area (Å²) in [4.78, 5) is 17.1. The van der Waals surface area contributed by atoms with Crippen LogP contribution in [-0.2, 0) is 0 Å². The van der Waals surface area contributed by atoms with Gasteiger partial charge in [-0.3, -0.25) is 4.79 Å². The van der Waals surface area contributed by atoms with E-state index in [1.54, 1.807) is 23.1 Å². The standard InChI is InChI=1S/C12H11F2N3OS/c13-12(14)4-5-17(6-12)11-16-9-7(10(15)18)2-1-3-8(9)19-11/h1-3H,4-6H2,(H2,15,18). The number of nitrogens with zero attached hydrogens (tertiary/aromatic N) is 2. The minimum atomic E-state index is -2.66. The number of fused-ring (bicyclic) bond motifs is 1. The molecule has 0 saturated carbocycles. The van der Waals surface area contributed by atoms with E-state index in [1.165, 1.54) is 11.3 Å². The summed E-state index contributed by atoms with van der Waals surface area (Å²) >= 11 is 1.30. The highest BCUT2D eigenvalue weighted by Gasteiger charge is 2.39. The lowest BCUT2D eigenvalue weighted by Gasteiger charge is -2.13. The van der Waals surface area contributed by atoms with Crippen molar-refractivity contribution < 1.29 is 13.6 Å². The van der Waals surface area contributed by atoms with Crippen molar-refractivity contribution in [1.82, 2.24) is 4.98 Å². The van der Waals surface area contributed by atoms with Crippen molar-refractivity contribution in [1.29, 1.82) is 0 Å². The summed E-state index contributed by atoms with van der Waals surface area (Å²) in [6.07, 6.45) is -0.161. The van der Waals surface area contributed by atoms with Crippen LogP contribution in [0.3, 0.4) is 0 Å². The largest absolute Gasteiger partial charge is 0.366 e. The van der Waals surface area contributed by atoms with E-state index in [2.05, 4.69) is 4.98 Å². The molecule has 1 amide bonds. The molecule has 7 heteroatoms. The van der Waals surface area contributed by atoms with Crippen LogP contribution < -0.4 is 10.6 Å². The van der Waals surface area contributed by atoms with E-state index >= 15 is 0 Å². The van der Waals surface area contributed by atoms with Crippen LogP contribution in [0.1, 0.15) is 16.8 Å². The first kappa shape index (κ1) is 12.3. The van der Waals surface area contributed by atoms with Crippen LogP contribution in [0.4, 0.5) is 13.9 Å². The molecule has 0 bridgehead atoms. The van der Waals surface area contributed by atoms with Gasteiger partial charge in [-0.1, -0.05) is 17.4 Å². The van der Waals surface area contributed by atoms with Gasteiger partial charge in [-0.15, -0.1) is 0 Å². The molecular formula is C12H11F2N3OS. The number of amides is 1. The van der Waals surface area contributed by atoms with Crippen LogP contribution in [0.15, 0.2) is 18.2 Å². The Morgan fingerprint density at radius 3 is 2.89 bits per heavy atom.